The first-order valence-corrected chi connectivity index (χ1v) is 9.98. The predicted molar refractivity (Wildman–Crippen MR) is 84.7 cm³/mol. The van der Waals surface area contributed by atoms with Crippen LogP contribution in [0.3, 0.4) is 0 Å². The smallest absolute Gasteiger partial charge is 1.00 e. The zero-order chi connectivity index (χ0) is 14.3. The molecule has 1 aromatic carbocycles. The second-order valence-electron chi connectivity index (χ2n) is 5.98. The van der Waals surface area contributed by atoms with Crippen LogP contribution in [0.2, 0.25) is 0 Å². The molecule has 0 saturated heterocycles. The Kier molecular flexibility index (Phi) is 7.25. The van der Waals surface area contributed by atoms with Gasteiger partial charge in [-0.05, 0) is 0 Å². The number of halogens is 2. The maximum absolute atomic E-state index is 2.37. The number of fused-ring (bicyclic) bond motifs is 1. The number of allylic oxidation sites excluding steroid dienone is 6. The van der Waals surface area contributed by atoms with E-state index in [0.29, 0.717) is 0 Å². The van der Waals surface area contributed by atoms with Gasteiger partial charge < -0.3 is 24.8 Å². The van der Waals surface area contributed by atoms with Crippen molar-refractivity contribution in [2.24, 2.45) is 0 Å². The van der Waals surface area contributed by atoms with Crippen molar-refractivity contribution in [3.8, 4) is 0 Å². The van der Waals surface area contributed by atoms with Crippen molar-refractivity contribution in [2.75, 3.05) is 0 Å². The molecule has 2 aliphatic rings. The fraction of sp³-hybridized carbons (Fsp3) is 0.316. The molecule has 0 spiro atoms. The molecule has 3 rings (SSSR count). The summed E-state index contributed by atoms with van der Waals surface area (Å²) in [5.74, 6) is 0. The first-order chi connectivity index (χ1) is 9.59. The van der Waals surface area contributed by atoms with Crippen LogP contribution in [0.25, 0.3) is 5.57 Å². The van der Waals surface area contributed by atoms with Crippen molar-refractivity contribution in [2.45, 2.75) is 37.7 Å². The van der Waals surface area contributed by atoms with Crippen LogP contribution < -0.4 is 24.8 Å². The zero-order valence-corrected chi connectivity index (χ0v) is 17.5. The topological polar surface area (TPSA) is 0 Å². The van der Waals surface area contributed by atoms with E-state index in [9.17, 15) is 0 Å². The minimum atomic E-state index is -0.537. The van der Waals surface area contributed by atoms with Crippen LogP contribution in [0.15, 0.2) is 47.6 Å². The Balaban J connectivity index is 0.00000121. The van der Waals surface area contributed by atoms with Crippen molar-refractivity contribution < 1.29 is 47.6 Å². The van der Waals surface area contributed by atoms with E-state index in [1.54, 1.807) is 31.1 Å². The Bertz CT molecular complexity index is 689. The van der Waals surface area contributed by atoms with E-state index in [0.717, 1.165) is 10.0 Å². The van der Waals surface area contributed by atoms with Crippen LogP contribution >= 0.6 is 0 Å². The Labute approximate surface area is 157 Å². The summed E-state index contributed by atoms with van der Waals surface area (Å²) in [6.07, 6.45) is 7.96. The summed E-state index contributed by atoms with van der Waals surface area (Å²) in [6, 6.07) is 6.87. The summed E-state index contributed by atoms with van der Waals surface area (Å²) in [4.78, 5) is 0. The number of benzene rings is 1. The molecule has 22 heavy (non-hydrogen) atoms. The van der Waals surface area contributed by atoms with Gasteiger partial charge >= 0.3 is 134 Å². The summed E-state index contributed by atoms with van der Waals surface area (Å²) >= 11 is -0.537. The van der Waals surface area contributed by atoms with E-state index in [1.165, 1.54) is 5.56 Å². The van der Waals surface area contributed by atoms with Crippen molar-refractivity contribution >= 4 is 8.78 Å². The minimum absolute atomic E-state index is 0. The van der Waals surface area contributed by atoms with Gasteiger partial charge in [0.1, 0.15) is 0 Å². The van der Waals surface area contributed by atoms with Gasteiger partial charge in [-0.25, -0.2) is 0 Å². The molecule has 0 heterocycles. The van der Waals surface area contributed by atoms with E-state index in [-0.39, 0.29) is 24.8 Å². The predicted octanol–water partition coefficient (Wildman–Crippen LogP) is -0.988. The number of hydrogen-bond donors (Lipinski definition) is 0. The SMILES string of the molecule is C[C](C)=[Zr+2][CH]1C(C2=CC=CC2)=C(C)c2c(C)cccc21.[Cl-].[Cl-]. The molecule has 0 nitrogen and oxygen atoms in total. The van der Waals surface area contributed by atoms with Gasteiger partial charge in [0, 0.05) is 0 Å². The van der Waals surface area contributed by atoms with Gasteiger partial charge in [0.2, 0.25) is 0 Å². The normalized spacial score (nSPS) is 18.2. The number of hydrogen-bond acceptors (Lipinski definition) is 0. The third kappa shape index (κ3) is 3.48. The van der Waals surface area contributed by atoms with E-state index in [1.807, 2.05) is 0 Å². The van der Waals surface area contributed by atoms with E-state index >= 15 is 0 Å². The van der Waals surface area contributed by atoms with Crippen LogP contribution in [-0.2, 0) is 22.8 Å². The molecule has 1 unspecified atom stereocenters. The monoisotopic (exact) mass is 409 g/mol. The molecule has 0 bridgehead atoms. The Morgan fingerprint density at radius 1 is 1.14 bits per heavy atom. The van der Waals surface area contributed by atoms with Gasteiger partial charge in [-0.15, -0.1) is 0 Å². The third-order valence-corrected chi connectivity index (χ3v) is 7.84. The summed E-state index contributed by atoms with van der Waals surface area (Å²) in [5, 5.41) is 0. The molecule has 0 N–H and O–H groups in total. The molecule has 0 radical (unpaired) electrons. The second kappa shape index (κ2) is 8.05. The third-order valence-electron chi connectivity index (χ3n) is 4.23. The Morgan fingerprint density at radius 2 is 1.86 bits per heavy atom. The largest absolute Gasteiger partial charge is 1.00 e. The zero-order valence-electron chi connectivity index (χ0n) is 13.5. The van der Waals surface area contributed by atoms with Crippen LogP contribution in [-0.4, -0.2) is 3.21 Å². The van der Waals surface area contributed by atoms with Crippen LogP contribution in [0.5, 0.6) is 0 Å². The fourth-order valence-electron chi connectivity index (χ4n) is 3.46. The molecule has 3 heteroatoms. The maximum atomic E-state index is 2.37. The quantitative estimate of drug-likeness (QED) is 0.587. The molecule has 1 aromatic rings. The molecular formula is C19H21Cl2Zr. The van der Waals surface area contributed by atoms with Crippen molar-refractivity contribution in [1.82, 2.24) is 0 Å². The maximum Gasteiger partial charge on any atom is -1.00 e. The summed E-state index contributed by atoms with van der Waals surface area (Å²) in [6.45, 7) is 9.25. The van der Waals surface area contributed by atoms with Gasteiger partial charge in [0.05, 0.1) is 0 Å². The summed E-state index contributed by atoms with van der Waals surface area (Å²) < 4.78 is 2.41. The van der Waals surface area contributed by atoms with Gasteiger partial charge in [-0.2, -0.15) is 0 Å². The molecule has 1 atom stereocenters. The van der Waals surface area contributed by atoms with Gasteiger partial charge in [-0.1, -0.05) is 0 Å². The van der Waals surface area contributed by atoms with Crippen molar-refractivity contribution in [3.63, 3.8) is 0 Å². The molecule has 0 saturated carbocycles. The standard InChI is InChI=1S/C16H15.C3H6.2ClH.Zr/c1-11-6-5-9-14-10-15(12(2)16(11)14)13-7-3-4-8-13;1-3-2;;;/h3-7,9-10H,8H2,1-2H3;1-2H3;2*1H;/q;;;;+2/p-2. The van der Waals surface area contributed by atoms with Crippen LogP contribution in [0, 0.1) is 6.92 Å². The first kappa shape index (κ1) is 19.8. The molecule has 2 aliphatic carbocycles. The average molecular weight is 412 g/mol. The van der Waals surface area contributed by atoms with E-state index < -0.39 is 22.8 Å². The van der Waals surface area contributed by atoms with Crippen molar-refractivity contribution in [3.05, 3.63) is 64.3 Å². The van der Waals surface area contributed by atoms with E-state index in [4.69, 9.17) is 0 Å². The summed E-state index contributed by atoms with van der Waals surface area (Å²) in [5.41, 5.74) is 9.36. The molecule has 0 amide bonds. The average Bonchev–Trinajstić information content (AvgIpc) is 2.98. The molecule has 0 aromatic heterocycles. The Morgan fingerprint density at radius 3 is 2.45 bits per heavy atom. The van der Waals surface area contributed by atoms with Crippen LogP contribution in [0.1, 0.15) is 47.5 Å². The molecule has 115 valence electrons. The van der Waals surface area contributed by atoms with Crippen LogP contribution in [0.4, 0.5) is 0 Å². The Hall–Kier alpha value is -0.227. The fourth-order valence-corrected chi connectivity index (χ4v) is 7.20. The molecule has 0 aliphatic heterocycles. The van der Waals surface area contributed by atoms with Crippen molar-refractivity contribution in [1.29, 1.82) is 0 Å². The first-order valence-electron chi connectivity index (χ1n) is 7.33. The van der Waals surface area contributed by atoms with E-state index in [2.05, 4.69) is 64.1 Å². The summed E-state index contributed by atoms with van der Waals surface area (Å²) in [7, 11) is 0. The van der Waals surface area contributed by atoms with Gasteiger partial charge in [0.15, 0.2) is 0 Å². The molecule has 0 fully saturated rings. The van der Waals surface area contributed by atoms with Gasteiger partial charge in [-0.3, -0.25) is 0 Å². The second-order valence-corrected chi connectivity index (χ2v) is 10.6. The molecular weight excluding hydrogens is 390 g/mol. The van der Waals surface area contributed by atoms with Gasteiger partial charge in [0.25, 0.3) is 0 Å². The minimum Gasteiger partial charge on any atom is -1.00 e. The number of rotatable bonds is 2. The number of aryl methyl sites for hydroxylation is 1.